The number of rotatable bonds is 4. The average molecular weight is 234 g/mol. The van der Waals surface area contributed by atoms with E-state index in [4.69, 9.17) is 10.5 Å². The quantitative estimate of drug-likeness (QED) is 0.840. The SMILES string of the molecule is COc1ccccc1[C@@H](C)NC1CCC(N)C1. The Morgan fingerprint density at radius 2 is 2.12 bits per heavy atom. The number of methoxy groups -OCH3 is 1. The summed E-state index contributed by atoms with van der Waals surface area (Å²) in [4.78, 5) is 0. The first-order valence-corrected chi connectivity index (χ1v) is 6.35. The van der Waals surface area contributed by atoms with Crippen LogP contribution in [0, 0.1) is 0 Å². The maximum absolute atomic E-state index is 5.93. The van der Waals surface area contributed by atoms with Gasteiger partial charge in [0, 0.05) is 23.7 Å². The Labute approximate surface area is 103 Å². The first-order chi connectivity index (χ1) is 8.20. The second kappa shape index (κ2) is 5.52. The molecule has 2 rings (SSSR count). The van der Waals surface area contributed by atoms with Crippen LogP contribution in [-0.2, 0) is 0 Å². The highest BCUT2D eigenvalue weighted by atomic mass is 16.5. The number of para-hydroxylation sites is 1. The van der Waals surface area contributed by atoms with Crippen molar-refractivity contribution in [2.24, 2.45) is 5.73 Å². The monoisotopic (exact) mass is 234 g/mol. The van der Waals surface area contributed by atoms with Gasteiger partial charge in [-0.2, -0.15) is 0 Å². The van der Waals surface area contributed by atoms with Gasteiger partial charge in [-0.15, -0.1) is 0 Å². The highest BCUT2D eigenvalue weighted by Crippen LogP contribution is 2.27. The average Bonchev–Trinajstić information content (AvgIpc) is 2.74. The van der Waals surface area contributed by atoms with Crippen molar-refractivity contribution in [2.75, 3.05) is 7.11 Å². The van der Waals surface area contributed by atoms with Crippen LogP contribution in [0.25, 0.3) is 0 Å². The van der Waals surface area contributed by atoms with Crippen LogP contribution in [0.3, 0.4) is 0 Å². The van der Waals surface area contributed by atoms with Crippen molar-refractivity contribution in [2.45, 2.75) is 44.3 Å². The molecular formula is C14H22N2O. The Bertz CT molecular complexity index is 367. The molecule has 0 saturated heterocycles. The third-order valence-electron chi connectivity index (χ3n) is 3.56. The van der Waals surface area contributed by atoms with Gasteiger partial charge in [-0.05, 0) is 32.3 Å². The molecule has 0 bridgehead atoms. The van der Waals surface area contributed by atoms with Gasteiger partial charge in [0.05, 0.1) is 7.11 Å². The van der Waals surface area contributed by atoms with E-state index >= 15 is 0 Å². The molecule has 3 N–H and O–H groups in total. The minimum Gasteiger partial charge on any atom is -0.496 e. The molecule has 1 aliphatic carbocycles. The lowest BCUT2D eigenvalue weighted by Gasteiger charge is -2.21. The molecule has 2 unspecified atom stereocenters. The van der Waals surface area contributed by atoms with E-state index in [1.807, 2.05) is 12.1 Å². The van der Waals surface area contributed by atoms with Crippen molar-refractivity contribution in [3.63, 3.8) is 0 Å². The van der Waals surface area contributed by atoms with Crippen LogP contribution in [0.1, 0.15) is 37.8 Å². The molecule has 0 spiro atoms. The van der Waals surface area contributed by atoms with Crippen molar-refractivity contribution in [1.82, 2.24) is 5.32 Å². The molecule has 0 aromatic heterocycles. The van der Waals surface area contributed by atoms with Crippen molar-refractivity contribution >= 4 is 0 Å². The number of nitrogens with two attached hydrogens (primary N) is 1. The zero-order chi connectivity index (χ0) is 12.3. The van der Waals surface area contributed by atoms with Crippen molar-refractivity contribution in [3.8, 4) is 5.75 Å². The van der Waals surface area contributed by atoms with Crippen molar-refractivity contribution < 1.29 is 4.74 Å². The number of hydrogen-bond donors (Lipinski definition) is 2. The van der Waals surface area contributed by atoms with Crippen LogP contribution < -0.4 is 15.8 Å². The first-order valence-electron chi connectivity index (χ1n) is 6.35. The standard InChI is InChI=1S/C14H22N2O/c1-10(16-12-8-7-11(15)9-12)13-5-3-4-6-14(13)17-2/h3-6,10-12,16H,7-9,15H2,1-2H3/t10-,11?,12?/m1/s1. The van der Waals surface area contributed by atoms with E-state index in [2.05, 4.69) is 24.4 Å². The predicted molar refractivity (Wildman–Crippen MR) is 70.2 cm³/mol. The lowest BCUT2D eigenvalue weighted by molar-refractivity contribution is 0.392. The maximum Gasteiger partial charge on any atom is 0.123 e. The van der Waals surface area contributed by atoms with Crippen molar-refractivity contribution in [1.29, 1.82) is 0 Å². The molecule has 0 radical (unpaired) electrons. The van der Waals surface area contributed by atoms with Crippen LogP contribution >= 0.6 is 0 Å². The van der Waals surface area contributed by atoms with E-state index in [0.717, 1.165) is 18.6 Å². The van der Waals surface area contributed by atoms with E-state index < -0.39 is 0 Å². The number of nitrogens with one attached hydrogen (secondary N) is 1. The minimum absolute atomic E-state index is 0.307. The number of benzene rings is 1. The molecule has 0 aliphatic heterocycles. The smallest absolute Gasteiger partial charge is 0.123 e. The molecular weight excluding hydrogens is 212 g/mol. The summed E-state index contributed by atoms with van der Waals surface area (Å²) >= 11 is 0. The van der Waals surface area contributed by atoms with Crippen LogP contribution in [0.4, 0.5) is 0 Å². The molecule has 1 aromatic rings. The molecule has 3 heteroatoms. The Hall–Kier alpha value is -1.06. The fraction of sp³-hybridized carbons (Fsp3) is 0.571. The summed E-state index contributed by atoms with van der Waals surface area (Å²) in [5.74, 6) is 0.954. The summed E-state index contributed by atoms with van der Waals surface area (Å²) in [7, 11) is 1.72. The summed E-state index contributed by atoms with van der Waals surface area (Å²) < 4.78 is 5.39. The fourth-order valence-corrected chi connectivity index (χ4v) is 2.64. The molecule has 1 aliphatic rings. The first kappa shape index (κ1) is 12.4. The van der Waals surface area contributed by atoms with Crippen molar-refractivity contribution in [3.05, 3.63) is 29.8 Å². The van der Waals surface area contributed by atoms with Crippen LogP contribution in [0.2, 0.25) is 0 Å². The van der Waals surface area contributed by atoms with E-state index in [1.165, 1.54) is 12.0 Å². The third-order valence-corrected chi connectivity index (χ3v) is 3.56. The van der Waals surface area contributed by atoms with Gasteiger partial charge >= 0.3 is 0 Å². The molecule has 1 aromatic carbocycles. The second-order valence-corrected chi connectivity index (χ2v) is 4.90. The molecule has 17 heavy (non-hydrogen) atoms. The lowest BCUT2D eigenvalue weighted by Crippen LogP contribution is -2.31. The normalized spacial score (nSPS) is 25.8. The largest absolute Gasteiger partial charge is 0.496 e. The van der Waals surface area contributed by atoms with Crippen LogP contribution in [0.15, 0.2) is 24.3 Å². The van der Waals surface area contributed by atoms with E-state index in [0.29, 0.717) is 18.1 Å². The van der Waals surface area contributed by atoms with Gasteiger partial charge in [-0.1, -0.05) is 18.2 Å². The van der Waals surface area contributed by atoms with Gasteiger partial charge in [-0.25, -0.2) is 0 Å². The van der Waals surface area contributed by atoms with Gasteiger partial charge < -0.3 is 15.8 Å². The van der Waals surface area contributed by atoms with Crippen LogP contribution in [-0.4, -0.2) is 19.2 Å². The molecule has 1 fully saturated rings. The van der Waals surface area contributed by atoms with E-state index in [1.54, 1.807) is 7.11 Å². The Balaban J connectivity index is 2.01. The molecule has 3 nitrogen and oxygen atoms in total. The Morgan fingerprint density at radius 1 is 1.35 bits per heavy atom. The van der Waals surface area contributed by atoms with Gasteiger partial charge in [0.25, 0.3) is 0 Å². The Morgan fingerprint density at radius 3 is 2.76 bits per heavy atom. The highest BCUT2D eigenvalue weighted by molar-refractivity contribution is 5.35. The summed E-state index contributed by atoms with van der Waals surface area (Å²) in [6.45, 7) is 2.18. The summed E-state index contributed by atoms with van der Waals surface area (Å²) in [6.07, 6.45) is 3.40. The molecule has 0 heterocycles. The summed E-state index contributed by atoms with van der Waals surface area (Å²) in [6, 6.07) is 9.40. The van der Waals surface area contributed by atoms with Gasteiger partial charge in [0.2, 0.25) is 0 Å². The number of hydrogen-bond acceptors (Lipinski definition) is 3. The molecule has 0 amide bonds. The fourth-order valence-electron chi connectivity index (χ4n) is 2.64. The predicted octanol–water partition coefficient (Wildman–Crippen LogP) is 2.23. The summed E-state index contributed by atoms with van der Waals surface area (Å²) in [5.41, 5.74) is 7.15. The zero-order valence-corrected chi connectivity index (χ0v) is 10.6. The Kier molecular flexibility index (Phi) is 4.02. The minimum atomic E-state index is 0.307. The van der Waals surface area contributed by atoms with E-state index in [9.17, 15) is 0 Å². The molecule has 1 saturated carbocycles. The zero-order valence-electron chi connectivity index (χ0n) is 10.6. The van der Waals surface area contributed by atoms with E-state index in [-0.39, 0.29) is 0 Å². The molecule has 3 atom stereocenters. The number of ether oxygens (including phenoxy) is 1. The highest BCUT2D eigenvalue weighted by Gasteiger charge is 2.23. The summed E-state index contributed by atoms with van der Waals surface area (Å²) in [5, 5.41) is 3.64. The van der Waals surface area contributed by atoms with Gasteiger partial charge in [0.15, 0.2) is 0 Å². The second-order valence-electron chi connectivity index (χ2n) is 4.90. The topological polar surface area (TPSA) is 47.3 Å². The lowest BCUT2D eigenvalue weighted by atomic mass is 10.1. The van der Waals surface area contributed by atoms with Gasteiger partial charge in [-0.3, -0.25) is 0 Å². The van der Waals surface area contributed by atoms with Gasteiger partial charge in [0.1, 0.15) is 5.75 Å². The van der Waals surface area contributed by atoms with Crippen LogP contribution in [0.5, 0.6) is 5.75 Å². The molecule has 94 valence electrons. The maximum atomic E-state index is 5.93. The third kappa shape index (κ3) is 2.99.